The second-order valence-electron chi connectivity index (χ2n) is 3.23. The fraction of sp³-hybridized carbons (Fsp3) is 0.333. The molecule has 0 radical (unpaired) electrons. The van der Waals surface area contributed by atoms with Gasteiger partial charge in [0.1, 0.15) is 0 Å². The van der Waals surface area contributed by atoms with Gasteiger partial charge in [0, 0.05) is 17.1 Å². The maximum Gasteiger partial charge on any atom is 0.288 e. The average Bonchev–Trinajstić information content (AvgIpc) is 2.26. The monoisotopic (exact) mass is 243 g/mol. The van der Waals surface area contributed by atoms with Crippen LogP contribution in [0.15, 0.2) is 41.8 Å². The summed E-state index contributed by atoms with van der Waals surface area (Å²) in [5.74, 6) is -2.38. The predicted octanol–water partition coefficient (Wildman–Crippen LogP) is 4.38. The van der Waals surface area contributed by atoms with Gasteiger partial charge in [0.25, 0.3) is 5.76 Å². The number of unbranched alkanes of at least 4 members (excludes halogenated alkanes) is 1. The van der Waals surface area contributed by atoms with Gasteiger partial charge in [-0.05, 0) is 25.0 Å². The van der Waals surface area contributed by atoms with Crippen LogP contribution >= 0.6 is 11.8 Å². The van der Waals surface area contributed by atoms with E-state index in [2.05, 4.69) is 11.9 Å². The zero-order valence-electron chi connectivity index (χ0n) is 8.96. The third-order valence-electron chi connectivity index (χ3n) is 2.00. The van der Waals surface area contributed by atoms with E-state index in [1.54, 1.807) is 12.1 Å². The number of rotatable bonds is 7. The summed E-state index contributed by atoms with van der Waals surface area (Å²) in [5, 5.41) is 3.15. The number of para-hydroxylation sites is 1. The maximum absolute atomic E-state index is 12.3. The van der Waals surface area contributed by atoms with Crippen LogP contribution in [0.2, 0.25) is 0 Å². The van der Waals surface area contributed by atoms with Crippen molar-refractivity contribution in [1.29, 1.82) is 0 Å². The van der Waals surface area contributed by atoms with Crippen LogP contribution in [0, 0.1) is 0 Å². The van der Waals surface area contributed by atoms with Crippen molar-refractivity contribution < 1.29 is 8.78 Å². The van der Waals surface area contributed by atoms with Crippen molar-refractivity contribution in [3.05, 3.63) is 36.9 Å². The summed E-state index contributed by atoms with van der Waals surface area (Å²) < 4.78 is 24.5. The van der Waals surface area contributed by atoms with Gasteiger partial charge in [0.2, 0.25) is 0 Å². The molecule has 1 N–H and O–H groups in total. The third-order valence-corrected chi connectivity index (χ3v) is 2.79. The Morgan fingerprint density at radius 2 is 2.12 bits per heavy atom. The van der Waals surface area contributed by atoms with Gasteiger partial charge in [0.15, 0.2) is 0 Å². The number of anilines is 1. The highest BCUT2D eigenvalue weighted by atomic mass is 32.2. The quantitative estimate of drug-likeness (QED) is 0.433. The average molecular weight is 243 g/mol. The number of hydrogen-bond donors (Lipinski definition) is 1. The fourth-order valence-corrected chi connectivity index (χ4v) is 1.90. The topological polar surface area (TPSA) is 12.0 Å². The first kappa shape index (κ1) is 13.0. The van der Waals surface area contributed by atoms with E-state index in [0.717, 1.165) is 25.1 Å². The van der Waals surface area contributed by atoms with E-state index in [9.17, 15) is 8.78 Å². The fourth-order valence-electron chi connectivity index (χ4n) is 1.28. The van der Waals surface area contributed by atoms with Crippen LogP contribution in [0.4, 0.5) is 14.5 Å². The Kier molecular flexibility index (Phi) is 5.93. The summed E-state index contributed by atoms with van der Waals surface area (Å²) in [6.45, 7) is 4.40. The molecule has 1 rings (SSSR count). The molecule has 0 atom stereocenters. The third kappa shape index (κ3) is 4.66. The van der Waals surface area contributed by atoms with E-state index < -0.39 is 5.76 Å². The van der Waals surface area contributed by atoms with Gasteiger partial charge in [-0.3, -0.25) is 0 Å². The molecule has 0 saturated heterocycles. The van der Waals surface area contributed by atoms with Crippen molar-refractivity contribution >= 4 is 17.4 Å². The minimum atomic E-state index is -2.38. The van der Waals surface area contributed by atoms with Crippen molar-refractivity contribution in [2.45, 2.75) is 23.5 Å². The number of nitrogens with one attached hydrogen (secondary N) is 1. The number of hydrogen-bond acceptors (Lipinski definition) is 2. The molecule has 0 aliphatic carbocycles. The van der Waals surface area contributed by atoms with Crippen LogP contribution in [0.3, 0.4) is 0 Å². The minimum absolute atomic E-state index is 0.573. The first-order chi connectivity index (χ1) is 7.74. The van der Waals surface area contributed by atoms with Gasteiger partial charge in [0.05, 0.1) is 0 Å². The van der Waals surface area contributed by atoms with Crippen molar-refractivity contribution in [3.63, 3.8) is 0 Å². The molecule has 1 nitrogen and oxygen atoms in total. The van der Waals surface area contributed by atoms with Gasteiger partial charge < -0.3 is 5.32 Å². The van der Waals surface area contributed by atoms with Crippen LogP contribution in [0.5, 0.6) is 0 Å². The van der Waals surface area contributed by atoms with E-state index >= 15 is 0 Å². The molecule has 0 saturated carbocycles. The Bertz CT molecular complexity index is 329. The predicted molar refractivity (Wildman–Crippen MR) is 66.2 cm³/mol. The first-order valence-electron chi connectivity index (χ1n) is 5.12. The van der Waals surface area contributed by atoms with Gasteiger partial charge >= 0.3 is 0 Å². The Morgan fingerprint density at radius 1 is 1.38 bits per heavy atom. The van der Waals surface area contributed by atoms with Crippen LogP contribution < -0.4 is 5.32 Å². The Labute approximate surface area is 98.9 Å². The highest BCUT2D eigenvalue weighted by Crippen LogP contribution is 2.31. The molecular formula is C12H15F2NS. The molecule has 88 valence electrons. The van der Waals surface area contributed by atoms with Gasteiger partial charge in [-0.1, -0.05) is 30.0 Å². The van der Waals surface area contributed by atoms with E-state index in [1.165, 1.54) is 0 Å². The summed E-state index contributed by atoms with van der Waals surface area (Å²) in [7, 11) is 0. The van der Waals surface area contributed by atoms with E-state index in [4.69, 9.17) is 0 Å². The molecule has 1 aromatic carbocycles. The molecule has 0 aromatic heterocycles. The summed E-state index contributed by atoms with van der Waals surface area (Å²) in [6.07, 6.45) is 3.73. The SMILES string of the molecule is C=CCCCNc1ccccc1SC(F)F. The Balaban J connectivity index is 2.53. The number of benzene rings is 1. The summed E-state index contributed by atoms with van der Waals surface area (Å²) in [5.41, 5.74) is 0.775. The largest absolute Gasteiger partial charge is 0.384 e. The molecule has 0 aliphatic heterocycles. The first-order valence-corrected chi connectivity index (χ1v) is 6.00. The number of thioether (sulfide) groups is 1. The second-order valence-corrected chi connectivity index (χ2v) is 4.26. The van der Waals surface area contributed by atoms with Gasteiger partial charge in [-0.2, -0.15) is 8.78 Å². The molecule has 0 unspecified atom stereocenters. The highest BCUT2D eigenvalue weighted by Gasteiger charge is 2.08. The lowest BCUT2D eigenvalue weighted by Crippen LogP contribution is -2.02. The summed E-state index contributed by atoms with van der Waals surface area (Å²) >= 11 is 0.573. The van der Waals surface area contributed by atoms with Gasteiger partial charge in [-0.25, -0.2) is 0 Å². The van der Waals surface area contributed by atoms with Crippen molar-refractivity contribution in [3.8, 4) is 0 Å². The molecule has 16 heavy (non-hydrogen) atoms. The second kappa shape index (κ2) is 7.28. The zero-order chi connectivity index (χ0) is 11.8. The highest BCUT2D eigenvalue weighted by molar-refractivity contribution is 7.99. The zero-order valence-corrected chi connectivity index (χ0v) is 9.77. The lowest BCUT2D eigenvalue weighted by molar-refractivity contribution is 0.252. The molecule has 0 heterocycles. The van der Waals surface area contributed by atoms with Crippen LogP contribution in [0.1, 0.15) is 12.8 Å². The molecular weight excluding hydrogens is 228 g/mol. The Morgan fingerprint density at radius 3 is 2.81 bits per heavy atom. The van der Waals surface area contributed by atoms with E-state index in [-0.39, 0.29) is 0 Å². The normalized spacial score (nSPS) is 10.4. The van der Waals surface area contributed by atoms with Crippen LogP contribution in [-0.4, -0.2) is 12.3 Å². The molecule has 4 heteroatoms. The van der Waals surface area contributed by atoms with E-state index in [1.807, 2.05) is 18.2 Å². The minimum Gasteiger partial charge on any atom is -0.384 e. The standard InChI is InChI=1S/C12H15F2NS/c1-2-3-6-9-15-10-7-4-5-8-11(10)16-12(13)14/h2,4-5,7-8,12,15H,1,3,6,9H2. The molecule has 0 bridgehead atoms. The molecule has 1 aromatic rings. The van der Waals surface area contributed by atoms with Crippen molar-refractivity contribution in [2.24, 2.45) is 0 Å². The Hall–Kier alpha value is -1.03. The van der Waals surface area contributed by atoms with Crippen molar-refractivity contribution in [1.82, 2.24) is 0 Å². The van der Waals surface area contributed by atoms with Gasteiger partial charge in [-0.15, -0.1) is 6.58 Å². The summed E-state index contributed by atoms with van der Waals surface area (Å²) in [6, 6.07) is 7.12. The van der Waals surface area contributed by atoms with Crippen molar-refractivity contribution in [2.75, 3.05) is 11.9 Å². The molecule has 0 amide bonds. The number of allylic oxidation sites excluding steroid dienone is 1. The lowest BCUT2D eigenvalue weighted by atomic mass is 10.3. The smallest absolute Gasteiger partial charge is 0.288 e. The number of halogens is 2. The molecule has 0 aliphatic rings. The van der Waals surface area contributed by atoms with Crippen LogP contribution in [0.25, 0.3) is 0 Å². The summed E-state index contributed by atoms with van der Waals surface area (Å²) in [4.78, 5) is 0.594. The number of alkyl halides is 2. The van der Waals surface area contributed by atoms with Crippen LogP contribution in [-0.2, 0) is 0 Å². The maximum atomic E-state index is 12.3. The lowest BCUT2D eigenvalue weighted by Gasteiger charge is -2.10. The molecule has 0 fully saturated rings. The van der Waals surface area contributed by atoms with E-state index in [0.29, 0.717) is 16.7 Å². The molecule has 0 spiro atoms.